The van der Waals surface area contributed by atoms with E-state index in [1.807, 2.05) is 17.5 Å². The van der Waals surface area contributed by atoms with Gasteiger partial charge in [0.2, 0.25) is 17.1 Å². The summed E-state index contributed by atoms with van der Waals surface area (Å²) in [6, 6.07) is 9.53. The number of benzene rings is 1. The lowest BCUT2D eigenvalue weighted by Gasteiger charge is -2.19. The Balaban J connectivity index is 1.49. The summed E-state index contributed by atoms with van der Waals surface area (Å²) in [4.78, 5) is 33.8. The molecule has 0 bridgehead atoms. The second kappa shape index (κ2) is 11.0. The molecule has 3 aromatic heterocycles. The van der Waals surface area contributed by atoms with E-state index < -0.39 is 17.1 Å². The molecule has 1 aromatic carbocycles. The minimum absolute atomic E-state index is 0.0245. The van der Waals surface area contributed by atoms with E-state index in [2.05, 4.69) is 15.3 Å². The number of nitrogens with zero attached hydrogens (tertiary/aromatic N) is 2. The standard InChI is InChI=1S/C26H25N3O6S/c1-15-10-21(31)24(33)25(35-15)19(16-5-6-20(30)22(11-16)34-2)12-23(32)28-9-7-18-14-36-26(29-18)17-4-3-8-27-13-17/h3-6,8,10-11,13-14,19,30,33H,7,9,12H2,1-2H3,(H,28,32). The second-order valence-corrected chi connectivity index (χ2v) is 8.97. The number of aromatic nitrogens is 2. The lowest BCUT2D eigenvalue weighted by atomic mass is 9.91. The van der Waals surface area contributed by atoms with Gasteiger partial charge < -0.3 is 24.7 Å². The van der Waals surface area contributed by atoms with Crippen molar-refractivity contribution in [3.05, 3.63) is 87.2 Å². The third-order valence-electron chi connectivity index (χ3n) is 5.55. The Bertz CT molecular complexity index is 1420. The molecule has 0 radical (unpaired) electrons. The van der Waals surface area contributed by atoms with Crippen LogP contribution in [0, 0.1) is 6.92 Å². The zero-order chi connectivity index (χ0) is 25.7. The zero-order valence-electron chi connectivity index (χ0n) is 19.7. The quantitative estimate of drug-likeness (QED) is 0.312. The van der Waals surface area contributed by atoms with Crippen LogP contribution in [0.5, 0.6) is 17.2 Å². The highest BCUT2D eigenvalue weighted by Crippen LogP contribution is 2.37. The summed E-state index contributed by atoms with van der Waals surface area (Å²) < 4.78 is 10.9. The molecular formula is C26H25N3O6S. The molecule has 9 nitrogen and oxygen atoms in total. The fourth-order valence-electron chi connectivity index (χ4n) is 3.77. The van der Waals surface area contributed by atoms with Gasteiger partial charge >= 0.3 is 0 Å². The number of aromatic hydroxyl groups is 2. The zero-order valence-corrected chi connectivity index (χ0v) is 20.5. The van der Waals surface area contributed by atoms with Crippen LogP contribution in [0.2, 0.25) is 0 Å². The normalized spacial score (nSPS) is 11.7. The maximum atomic E-state index is 12.9. The highest BCUT2D eigenvalue weighted by Gasteiger charge is 2.26. The Kier molecular flexibility index (Phi) is 7.65. The molecular weight excluding hydrogens is 482 g/mol. The van der Waals surface area contributed by atoms with Gasteiger partial charge in [-0.25, -0.2) is 4.98 Å². The number of thiazole rings is 1. The Morgan fingerprint density at radius 1 is 1.25 bits per heavy atom. The van der Waals surface area contributed by atoms with Crippen LogP contribution in [-0.4, -0.2) is 39.7 Å². The van der Waals surface area contributed by atoms with Gasteiger partial charge in [-0.15, -0.1) is 11.3 Å². The summed E-state index contributed by atoms with van der Waals surface area (Å²) in [5.41, 5.74) is 1.72. The van der Waals surface area contributed by atoms with Crippen LogP contribution in [-0.2, 0) is 11.2 Å². The Morgan fingerprint density at radius 2 is 2.08 bits per heavy atom. The van der Waals surface area contributed by atoms with E-state index >= 15 is 0 Å². The molecule has 4 rings (SSSR count). The Hall–Kier alpha value is -4.18. The molecule has 4 aromatic rings. The van der Waals surface area contributed by atoms with Gasteiger partial charge in [0.25, 0.3) is 0 Å². The van der Waals surface area contributed by atoms with Crippen LogP contribution in [0.3, 0.4) is 0 Å². The largest absolute Gasteiger partial charge is 0.504 e. The smallest absolute Gasteiger partial charge is 0.227 e. The molecule has 0 spiro atoms. The van der Waals surface area contributed by atoms with Gasteiger partial charge in [-0.3, -0.25) is 14.6 Å². The van der Waals surface area contributed by atoms with E-state index in [-0.39, 0.29) is 29.6 Å². The first-order valence-corrected chi connectivity index (χ1v) is 12.1. The topological polar surface area (TPSA) is 135 Å². The minimum atomic E-state index is -0.788. The number of aryl methyl sites for hydroxylation is 1. The van der Waals surface area contributed by atoms with Gasteiger partial charge in [0, 0.05) is 48.8 Å². The van der Waals surface area contributed by atoms with E-state index in [1.165, 1.54) is 30.6 Å². The van der Waals surface area contributed by atoms with Crippen molar-refractivity contribution < 1.29 is 24.2 Å². The van der Waals surface area contributed by atoms with Crippen LogP contribution in [0.1, 0.15) is 35.1 Å². The molecule has 186 valence electrons. The van der Waals surface area contributed by atoms with Gasteiger partial charge in [0.15, 0.2) is 17.3 Å². The number of carbonyl (C=O) groups is 1. The first-order valence-electron chi connectivity index (χ1n) is 11.2. The number of hydrogen-bond acceptors (Lipinski definition) is 9. The summed E-state index contributed by atoms with van der Waals surface area (Å²) in [6.07, 6.45) is 3.88. The monoisotopic (exact) mass is 507 g/mol. The predicted molar refractivity (Wildman–Crippen MR) is 135 cm³/mol. The summed E-state index contributed by atoms with van der Waals surface area (Å²) in [6.45, 7) is 1.94. The van der Waals surface area contributed by atoms with Crippen LogP contribution in [0.4, 0.5) is 0 Å². The molecule has 0 aliphatic heterocycles. The molecule has 3 heterocycles. The first kappa shape index (κ1) is 24.9. The lowest BCUT2D eigenvalue weighted by molar-refractivity contribution is -0.121. The van der Waals surface area contributed by atoms with Gasteiger partial charge in [0.05, 0.1) is 18.7 Å². The molecule has 0 saturated carbocycles. The van der Waals surface area contributed by atoms with Gasteiger partial charge in [-0.05, 0) is 36.8 Å². The molecule has 1 atom stereocenters. The average molecular weight is 508 g/mol. The van der Waals surface area contributed by atoms with Crippen molar-refractivity contribution >= 4 is 17.2 Å². The molecule has 3 N–H and O–H groups in total. The Labute approximate surface area is 211 Å². The highest BCUT2D eigenvalue weighted by molar-refractivity contribution is 7.13. The van der Waals surface area contributed by atoms with Crippen molar-refractivity contribution in [3.63, 3.8) is 0 Å². The summed E-state index contributed by atoms with van der Waals surface area (Å²) in [7, 11) is 1.41. The molecule has 1 amide bonds. The van der Waals surface area contributed by atoms with Crippen LogP contribution < -0.4 is 15.5 Å². The highest BCUT2D eigenvalue weighted by atomic mass is 32.1. The van der Waals surface area contributed by atoms with Crippen molar-refractivity contribution in [1.82, 2.24) is 15.3 Å². The fraction of sp³-hybridized carbons (Fsp3) is 0.231. The minimum Gasteiger partial charge on any atom is -0.504 e. The van der Waals surface area contributed by atoms with Crippen molar-refractivity contribution in [3.8, 4) is 27.8 Å². The first-order chi connectivity index (χ1) is 17.4. The number of hydrogen-bond donors (Lipinski definition) is 3. The third kappa shape index (κ3) is 5.72. The van der Waals surface area contributed by atoms with E-state index in [1.54, 1.807) is 31.5 Å². The van der Waals surface area contributed by atoms with Crippen molar-refractivity contribution in [2.75, 3.05) is 13.7 Å². The predicted octanol–water partition coefficient (Wildman–Crippen LogP) is 3.77. The number of rotatable bonds is 9. The molecule has 10 heteroatoms. The maximum absolute atomic E-state index is 12.9. The second-order valence-electron chi connectivity index (χ2n) is 8.11. The number of ether oxygens (including phenoxy) is 1. The molecule has 0 saturated heterocycles. The van der Waals surface area contributed by atoms with Gasteiger partial charge in [0.1, 0.15) is 10.8 Å². The SMILES string of the molecule is COc1cc(C(CC(=O)NCCc2csc(-c3cccnc3)n2)c2oc(C)cc(=O)c2O)ccc1O. The Morgan fingerprint density at radius 3 is 2.83 bits per heavy atom. The van der Waals surface area contributed by atoms with Crippen LogP contribution >= 0.6 is 11.3 Å². The van der Waals surface area contributed by atoms with E-state index in [0.29, 0.717) is 24.3 Å². The maximum Gasteiger partial charge on any atom is 0.227 e. The number of pyridine rings is 1. The number of amides is 1. The van der Waals surface area contributed by atoms with Crippen molar-refractivity contribution in [1.29, 1.82) is 0 Å². The molecule has 0 fully saturated rings. The van der Waals surface area contributed by atoms with E-state index in [0.717, 1.165) is 16.3 Å². The molecule has 36 heavy (non-hydrogen) atoms. The number of methoxy groups -OCH3 is 1. The van der Waals surface area contributed by atoms with Crippen LogP contribution in [0.25, 0.3) is 10.6 Å². The summed E-state index contributed by atoms with van der Waals surface area (Å²) in [5.74, 6) is -1.26. The van der Waals surface area contributed by atoms with Gasteiger partial charge in [-0.2, -0.15) is 0 Å². The van der Waals surface area contributed by atoms with Crippen LogP contribution in [0.15, 0.2) is 63.4 Å². The van der Waals surface area contributed by atoms with Crippen molar-refractivity contribution in [2.45, 2.75) is 25.7 Å². The number of phenolic OH excluding ortho intramolecular Hbond substituents is 1. The van der Waals surface area contributed by atoms with E-state index in [4.69, 9.17) is 9.15 Å². The summed E-state index contributed by atoms with van der Waals surface area (Å²) in [5, 5.41) is 26.1. The molecule has 0 aliphatic rings. The number of phenols is 1. The lowest BCUT2D eigenvalue weighted by Crippen LogP contribution is -2.27. The number of carbonyl (C=O) groups excluding carboxylic acids is 1. The third-order valence-corrected chi connectivity index (χ3v) is 6.49. The fourth-order valence-corrected chi connectivity index (χ4v) is 4.61. The van der Waals surface area contributed by atoms with E-state index in [9.17, 15) is 19.8 Å². The average Bonchev–Trinajstić information content (AvgIpc) is 3.35. The molecule has 1 unspecified atom stereocenters. The van der Waals surface area contributed by atoms with Crippen molar-refractivity contribution in [2.24, 2.45) is 0 Å². The molecule has 0 aliphatic carbocycles. The van der Waals surface area contributed by atoms with Gasteiger partial charge in [-0.1, -0.05) is 6.07 Å². The number of nitrogens with one attached hydrogen (secondary N) is 1. The summed E-state index contributed by atoms with van der Waals surface area (Å²) >= 11 is 1.51.